The van der Waals surface area contributed by atoms with E-state index in [1.165, 1.54) is 0 Å². The molecule has 128 valence electrons. The van der Waals surface area contributed by atoms with Crippen molar-refractivity contribution in [1.29, 1.82) is 0 Å². The van der Waals surface area contributed by atoms with Crippen LogP contribution in [0.3, 0.4) is 0 Å². The van der Waals surface area contributed by atoms with Crippen LogP contribution in [0.2, 0.25) is 5.02 Å². The number of amides is 1. The minimum absolute atomic E-state index is 0.179. The lowest BCUT2D eigenvalue weighted by Crippen LogP contribution is -2.29. The largest absolute Gasteiger partial charge is 0.484 e. The van der Waals surface area contributed by atoms with Gasteiger partial charge in [-0.2, -0.15) is 0 Å². The summed E-state index contributed by atoms with van der Waals surface area (Å²) in [6.45, 7) is 1.66. The summed E-state index contributed by atoms with van der Waals surface area (Å²) in [5, 5.41) is 3.29. The van der Waals surface area contributed by atoms with Gasteiger partial charge < -0.3 is 20.0 Å². The molecule has 25 heavy (non-hydrogen) atoms. The highest BCUT2D eigenvalue weighted by Gasteiger charge is 2.07. The fourth-order valence-electron chi connectivity index (χ4n) is 2.25. The Hall–Kier alpha value is -3.06. The number of hydrogen-bond donors (Lipinski definition) is 3. The molecule has 3 aromatic rings. The zero-order valence-corrected chi connectivity index (χ0v) is 13.9. The van der Waals surface area contributed by atoms with E-state index in [-0.39, 0.29) is 12.5 Å². The Morgan fingerprint density at radius 1 is 1.08 bits per heavy atom. The summed E-state index contributed by atoms with van der Waals surface area (Å²) in [7, 11) is 0. The summed E-state index contributed by atoms with van der Waals surface area (Å²) in [5.41, 5.74) is 0.726. The second-order valence-electron chi connectivity index (χ2n) is 5.42. The number of carbonyl (C=O) groups excluding carboxylic acids is 1. The van der Waals surface area contributed by atoms with Crippen LogP contribution in [0.1, 0.15) is 5.56 Å². The summed E-state index contributed by atoms with van der Waals surface area (Å²) in [6, 6.07) is 9.88. The van der Waals surface area contributed by atoms with Gasteiger partial charge in [-0.1, -0.05) is 11.6 Å². The van der Waals surface area contributed by atoms with Crippen molar-refractivity contribution in [3.05, 3.63) is 67.7 Å². The van der Waals surface area contributed by atoms with E-state index in [9.17, 15) is 14.4 Å². The summed E-state index contributed by atoms with van der Waals surface area (Å²) in [5.74, 6) is 0.177. The maximum absolute atomic E-state index is 12.0. The average molecular weight is 360 g/mol. The van der Waals surface area contributed by atoms with E-state index in [0.717, 1.165) is 5.56 Å². The number of hydrogen-bond acceptors (Lipinski definition) is 4. The lowest BCUT2D eigenvalue weighted by Gasteiger charge is -2.09. The molecule has 0 fully saturated rings. The fourth-order valence-corrected chi connectivity index (χ4v) is 2.36. The van der Waals surface area contributed by atoms with Crippen molar-refractivity contribution in [2.24, 2.45) is 0 Å². The number of benzene rings is 2. The van der Waals surface area contributed by atoms with Crippen molar-refractivity contribution >= 4 is 34.2 Å². The maximum atomic E-state index is 12.0. The van der Waals surface area contributed by atoms with E-state index < -0.39 is 11.1 Å². The molecule has 0 aliphatic heterocycles. The fraction of sp³-hybridized carbons (Fsp3) is 0.118. The Morgan fingerprint density at radius 3 is 2.52 bits per heavy atom. The Bertz CT molecular complexity index is 1070. The van der Waals surface area contributed by atoms with Crippen LogP contribution in [0.25, 0.3) is 11.0 Å². The lowest BCUT2D eigenvalue weighted by molar-refractivity contribution is -0.118. The highest BCUT2D eigenvalue weighted by atomic mass is 35.5. The molecule has 1 heterocycles. The molecule has 0 atom stereocenters. The van der Waals surface area contributed by atoms with Crippen molar-refractivity contribution < 1.29 is 9.53 Å². The molecule has 0 bridgehead atoms. The molecule has 0 spiro atoms. The molecule has 0 aliphatic carbocycles. The van der Waals surface area contributed by atoms with Crippen molar-refractivity contribution in [2.75, 3.05) is 11.9 Å². The summed E-state index contributed by atoms with van der Waals surface area (Å²) >= 11 is 5.94. The monoisotopic (exact) mass is 359 g/mol. The van der Waals surface area contributed by atoms with Crippen LogP contribution < -0.4 is 21.2 Å². The van der Waals surface area contributed by atoms with E-state index in [4.69, 9.17) is 16.3 Å². The topological polar surface area (TPSA) is 104 Å². The van der Waals surface area contributed by atoms with E-state index in [0.29, 0.717) is 27.5 Å². The first-order valence-electron chi connectivity index (χ1n) is 7.37. The molecule has 1 aromatic heterocycles. The van der Waals surface area contributed by atoms with Gasteiger partial charge in [-0.15, -0.1) is 0 Å². The lowest BCUT2D eigenvalue weighted by atomic mass is 10.2. The van der Waals surface area contributed by atoms with E-state index >= 15 is 0 Å². The molecular formula is C17H14ClN3O4. The maximum Gasteiger partial charge on any atom is 0.314 e. The number of ether oxygens (including phenoxy) is 1. The van der Waals surface area contributed by atoms with Gasteiger partial charge in [0.1, 0.15) is 5.75 Å². The summed E-state index contributed by atoms with van der Waals surface area (Å²) in [6.07, 6.45) is 0. The number of nitrogens with one attached hydrogen (secondary N) is 3. The molecular weight excluding hydrogens is 346 g/mol. The van der Waals surface area contributed by atoms with Gasteiger partial charge in [0.05, 0.1) is 11.0 Å². The number of carbonyl (C=O) groups is 1. The van der Waals surface area contributed by atoms with Gasteiger partial charge in [0.2, 0.25) is 0 Å². The van der Waals surface area contributed by atoms with Crippen LogP contribution in [0.4, 0.5) is 5.69 Å². The Labute approximate surface area is 146 Å². The number of aryl methyl sites for hydroxylation is 1. The van der Waals surface area contributed by atoms with Crippen molar-refractivity contribution in [3.63, 3.8) is 0 Å². The molecule has 0 saturated heterocycles. The normalized spacial score (nSPS) is 10.6. The summed E-state index contributed by atoms with van der Waals surface area (Å²) < 4.78 is 5.42. The van der Waals surface area contributed by atoms with Gasteiger partial charge in [0.15, 0.2) is 6.61 Å². The van der Waals surface area contributed by atoms with Gasteiger partial charge in [0, 0.05) is 10.7 Å². The van der Waals surface area contributed by atoms with Gasteiger partial charge in [-0.25, -0.2) is 0 Å². The number of H-pyrrole nitrogens is 2. The molecule has 0 saturated carbocycles. The van der Waals surface area contributed by atoms with Crippen LogP contribution in [-0.2, 0) is 4.79 Å². The van der Waals surface area contributed by atoms with Crippen LogP contribution >= 0.6 is 11.6 Å². The van der Waals surface area contributed by atoms with Gasteiger partial charge in [0.25, 0.3) is 5.91 Å². The third kappa shape index (κ3) is 3.89. The van der Waals surface area contributed by atoms with Crippen LogP contribution in [0, 0.1) is 6.92 Å². The highest BCUT2D eigenvalue weighted by molar-refractivity contribution is 6.31. The smallest absolute Gasteiger partial charge is 0.314 e. The van der Waals surface area contributed by atoms with Crippen LogP contribution in [0.15, 0.2) is 46.0 Å². The third-order valence-corrected chi connectivity index (χ3v) is 3.93. The minimum atomic E-state index is -0.752. The number of halogens is 1. The Kier molecular flexibility index (Phi) is 4.58. The van der Waals surface area contributed by atoms with Gasteiger partial charge >= 0.3 is 11.1 Å². The Morgan fingerprint density at radius 2 is 1.80 bits per heavy atom. The zero-order valence-electron chi connectivity index (χ0n) is 13.2. The second-order valence-corrected chi connectivity index (χ2v) is 5.82. The van der Waals surface area contributed by atoms with Crippen molar-refractivity contribution in [1.82, 2.24) is 9.97 Å². The van der Waals surface area contributed by atoms with Gasteiger partial charge in [-0.3, -0.25) is 14.4 Å². The average Bonchev–Trinajstić information content (AvgIpc) is 2.57. The standard InChI is InChI=1S/C17H14ClN3O4/c1-9-6-11(3-4-12(9)18)25-8-15(22)19-10-2-5-13-14(7-10)21-17(24)16(23)20-13/h2-7H,8H2,1H3,(H,19,22)(H,20,23)(H,21,24). The quantitative estimate of drug-likeness (QED) is 0.621. The number of aromatic nitrogens is 2. The predicted octanol–water partition coefficient (Wildman–Crippen LogP) is 2.20. The number of rotatable bonds is 4. The molecule has 0 unspecified atom stereocenters. The molecule has 7 nitrogen and oxygen atoms in total. The van der Waals surface area contributed by atoms with Crippen molar-refractivity contribution in [2.45, 2.75) is 6.92 Å². The zero-order chi connectivity index (χ0) is 18.0. The van der Waals surface area contributed by atoms with E-state index in [1.807, 2.05) is 6.92 Å². The first-order chi connectivity index (χ1) is 11.9. The first kappa shape index (κ1) is 16.8. The molecule has 0 aliphatic rings. The summed E-state index contributed by atoms with van der Waals surface area (Å²) in [4.78, 5) is 39.5. The first-order valence-corrected chi connectivity index (χ1v) is 7.75. The number of aromatic amines is 2. The van der Waals surface area contributed by atoms with Crippen molar-refractivity contribution in [3.8, 4) is 5.75 Å². The highest BCUT2D eigenvalue weighted by Crippen LogP contribution is 2.21. The van der Waals surface area contributed by atoms with Crippen LogP contribution in [-0.4, -0.2) is 22.5 Å². The van der Waals surface area contributed by atoms with E-state index in [2.05, 4.69) is 15.3 Å². The molecule has 8 heteroatoms. The number of fused-ring (bicyclic) bond motifs is 1. The third-order valence-electron chi connectivity index (χ3n) is 3.51. The second kappa shape index (κ2) is 6.82. The molecule has 3 rings (SSSR count). The SMILES string of the molecule is Cc1cc(OCC(=O)Nc2ccc3[nH]c(=O)c(=O)[nH]c3c2)ccc1Cl. The molecule has 2 aromatic carbocycles. The molecule has 1 amide bonds. The van der Waals surface area contributed by atoms with Gasteiger partial charge in [-0.05, 0) is 48.9 Å². The van der Waals surface area contributed by atoms with E-state index in [1.54, 1.807) is 36.4 Å². The van der Waals surface area contributed by atoms with Crippen LogP contribution in [0.5, 0.6) is 5.75 Å². The molecule has 0 radical (unpaired) electrons. The Balaban J connectivity index is 1.69. The molecule has 3 N–H and O–H groups in total. The predicted molar refractivity (Wildman–Crippen MR) is 95.5 cm³/mol. The number of anilines is 1. The minimum Gasteiger partial charge on any atom is -0.484 e.